The number of benzene rings is 1. The first kappa shape index (κ1) is 12.9. The highest BCUT2D eigenvalue weighted by Gasteiger charge is 2.04. The lowest BCUT2D eigenvalue weighted by molar-refractivity contribution is 0.238. The van der Waals surface area contributed by atoms with Crippen LogP contribution in [-0.2, 0) is 0 Å². The molecule has 2 aromatic rings. The summed E-state index contributed by atoms with van der Waals surface area (Å²) in [5.41, 5.74) is 2.13. The predicted molar refractivity (Wildman–Crippen MR) is 76.7 cm³/mol. The van der Waals surface area contributed by atoms with E-state index in [-0.39, 0.29) is 0 Å². The Bertz CT molecular complexity index is 541. The normalized spacial score (nSPS) is 12.0. The molecule has 0 saturated heterocycles. The average molecular weight is 256 g/mol. The van der Waals surface area contributed by atoms with Crippen molar-refractivity contribution in [3.63, 3.8) is 0 Å². The molecule has 0 bridgehead atoms. The van der Waals surface area contributed by atoms with Gasteiger partial charge < -0.3 is 5.11 Å². The van der Waals surface area contributed by atoms with Gasteiger partial charge in [-0.05, 0) is 28.5 Å². The van der Waals surface area contributed by atoms with E-state index in [1.54, 1.807) is 11.3 Å². The van der Waals surface area contributed by atoms with Gasteiger partial charge in [0.05, 0.1) is 4.88 Å². The van der Waals surface area contributed by atoms with Gasteiger partial charge in [-0.2, -0.15) is 0 Å². The minimum absolute atomic E-state index is 0.508. The van der Waals surface area contributed by atoms with Crippen LogP contribution < -0.4 is 0 Å². The number of hydrogen-bond acceptors (Lipinski definition) is 2. The Balaban J connectivity index is 2.11. The minimum Gasteiger partial charge on any atom is -0.376 e. The highest BCUT2D eigenvalue weighted by atomic mass is 32.1. The summed E-state index contributed by atoms with van der Waals surface area (Å²) in [6.07, 6.45) is -0.715. The van der Waals surface area contributed by atoms with E-state index in [1.165, 1.54) is 5.56 Å². The zero-order valence-electron chi connectivity index (χ0n) is 10.6. The molecule has 0 fully saturated rings. The quantitative estimate of drug-likeness (QED) is 0.806. The third kappa shape index (κ3) is 3.22. The maximum absolute atomic E-state index is 9.98. The van der Waals surface area contributed by atoms with Crippen molar-refractivity contribution in [1.29, 1.82) is 0 Å². The number of aliphatic hydroxyl groups is 1. The predicted octanol–water partition coefficient (Wildman–Crippen LogP) is 3.96. The second kappa shape index (κ2) is 5.86. The fourth-order valence-electron chi connectivity index (χ4n) is 1.64. The molecule has 1 nitrogen and oxygen atoms in total. The molecule has 0 spiro atoms. The van der Waals surface area contributed by atoms with E-state index in [4.69, 9.17) is 0 Å². The zero-order valence-corrected chi connectivity index (χ0v) is 11.4. The lowest BCUT2D eigenvalue weighted by Gasteiger charge is -2.08. The van der Waals surface area contributed by atoms with E-state index in [0.29, 0.717) is 5.92 Å². The fourth-order valence-corrected chi connectivity index (χ4v) is 2.21. The number of aliphatic hydroxyl groups excluding tert-OH is 1. The van der Waals surface area contributed by atoms with E-state index in [1.807, 2.05) is 29.6 Å². The molecule has 18 heavy (non-hydrogen) atoms. The Morgan fingerprint density at radius 1 is 1.06 bits per heavy atom. The molecule has 0 aliphatic heterocycles. The van der Waals surface area contributed by atoms with Gasteiger partial charge in [0.2, 0.25) is 0 Å². The third-order valence-electron chi connectivity index (χ3n) is 2.77. The number of rotatable bonds is 2. The van der Waals surface area contributed by atoms with Gasteiger partial charge >= 0.3 is 0 Å². The molecule has 1 unspecified atom stereocenters. The molecule has 92 valence electrons. The van der Waals surface area contributed by atoms with Crippen LogP contribution in [0, 0.1) is 11.8 Å². The maximum Gasteiger partial charge on any atom is 0.140 e. The topological polar surface area (TPSA) is 20.2 Å². The van der Waals surface area contributed by atoms with E-state index >= 15 is 0 Å². The van der Waals surface area contributed by atoms with Gasteiger partial charge in [0, 0.05) is 0 Å². The smallest absolute Gasteiger partial charge is 0.140 e. The molecular weight excluding hydrogens is 240 g/mol. The largest absolute Gasteiger partial charge is 0.376 e. The van der Waals surface area contributed by atoms with Gasteiger partial charge in [0.25, 0.3) is 0 Å². The molecule has 1 aromatic carbocycles. The first-order valence-electron chi connectivity index (χ1n) is 6.00. The summed E-state index contributed by atoms with van der Waals surface area (Å²) in [5.74, 6) is 6.35. The van der Waals surface area contributed by atoms with Crippen LogP contribution in [0.1, 0.15) is 41.9 Å². The standard InChI is InChI=1S/C16H16OS/c1-12(2)13-5-7-14(8-6-13)16(17)10-9-15-4-3-11-18-15/h3-8,11-12,16-17H,1-2H3. The summed E-state index contributed by atoms with van der Waals surface area (Å²) in [5, 5.41) is 12.0. The van der Waals surface area contributed by atoms with E-state index in [0.717, 1.165) is 10.4 Å². The molecule has 1 N–H and O–H groups in total. The lowest BCUT2D eigenvalue weighted by atomic mass is 10.0. The Morgan fingerprint density at radius 2 is 1.72 bits per heavy atom. The van der Waals surface area contributed by atoms with Crippen molar-refractivity contribution in [3.05, 3.63) is 57.8 Å². The number of hydrogen-bond donors (Lipinski definition) is 1. The van der Waals surface area contributed by atoms with Crippen LogP contribution in [0.25, 0.3) is 0 Å². The van der Waals surface area contributed by atoms with E-state index in [2.05, 4.69) is 37.8 Å². The summed E-state index contributed by atoms with van der Waals surface area (Å²) in [4.78, 5) is 0.979. The second-order valence-corrected chi connectivity index (χ2v) is 5.42. The van der Waals surface area contributed by atoms with E-state index < -0.39 is 6.10 Å². The summed E-state index contributed by atoms with van der Waals surface area (Å²) in [6, 6.07) is 11.9. The van der Waals surface area contributed by atoms with Crippen molar-refractivity contribution < 1.29 is 5.11 Å². The van der Waals surface area contributed by atoms with Crippen LogP contribution in [0.4, 0.5) is 0 Å². The van der Waals surface area contributed by atoms with Gasteiger partial charge in [-0.3, -0.25) is 0 Å². The monoisotopic (exact) mass is 256 g/mol. The van der Waals surface area contributed by atoms with Crippen molar-refractivity contribution in [3.8, 4) is 11.8 Å². The summed E-state index contributed by atoms with van der Waals surface area (Å²) >= 11 is 1.58. The molecular formula is C16H16OS. The molecule has 1 atom stereocenters. The van der Waals surface area contributed by atoms with Crippen LogP contribution in [0.5, 0.6) is 0 Å². The molecule has 0 aliphatic rings. The van der Waals surface area contributed by atoms with Gasteiger partial charge in [0.1, 0.15) is 6.10 Å². The zero-order chi connectivity index (χ0) is 13.0. The summed E-state index contributed by atoms with van der Waals surface area (Å²) in [6.45, 7) is 4.31. The van der Waals surface area contributed by atoms with Crippen molar-refractivity contribution >= 4 is 11.3 Å². The van der Waals surface area contributed by atoms with Crippen molar-refractivity contribution in [2.24, 2.45) is 0 Å². The minimum atomic E-state index is -0.715. The fraction of sp³-hybridized carbons (Fsp3) is 0.250. The molecule has 2 rings (SSSR count). The van der Waals surface area contributed by atoms with Gasteiger partial charge in [-0.25, -0.2) is 0 Å². The molecule has 1 aromatic heterocycles. The summed E-state index contributed by atoms with van der Waals surface area (Å²) in [7, 11) is 0. The highest BCUT2D eigenvalue weighted by molar-refractivity contribution is 7.10. The van der Waals surface area contributed by atoms with E-state index in [9.17, 15) is 5.11 Å². The first-order valence-corrected chi connectivity index (χ1v) is 6.88. The highest BCUT2D eigenvalue weighted by Crippen LogP contribution is 2.18. The van der Waals surface area contributed by atoms with Crippen LogP contribution in [0.3, 0.4) is 0 Å². The Kier molecular flexibility index (Phi) is 4.19. The Hall–Kier alpha value is -1.56. The Morgan fingerprint density at radius 3 is 2.28 bits per heavy atom. The first-order chi connectivity index (χ1) is 8.66. The molecule has 0 amide bonds. The SMILES string of the molecule is CC(C)c1ccc(C(O)C#Cc2cccs2)cc1. The molecule has 0 radical (unpaired) electrons. The number of thiophene rings is 1. The molecule has 1 heterocycles. The van der Waals surface area contributed by atoms with Crippen LogP contribution in [0.15, 0.2) is 41.8 Å². The lowest BCUT2D eigenvalue weighted by Crippen LogP contribution is -1.95. The maximum atomic E-state index is 9.98. The summed E-state index contributed by atoms with van der Waals surface area (Å²) < 4.78 is 0. The van der Waals surface area contributed by atoms with Crippen molar-refractivity contribution in [2.75, 3.05) is 0 Å². The average Bonchev–Trinajstić information content (AvgIpc) is 2.89. The Labute approximate surface area is 112 Å². The molecule has 0 saturated carbocycles. The molecule has 2 heteroatoms. The van der Waals surface area contributed by atoms with Crippen LogP contribution >= 0.6 is 11.3 Å². The van der Waals surface area contributed by atoms with Gasteiger partial charge in [-0.15, -0.1) is 11.3 Å². The van der Waals surface area contributed by atoms with Crippen LogP contribution in [-0.4, -0.2) is 5.11 Å². The third-order valence-corrected chi connectivity index (χ3v) is 3.56. The van der Waals surface area contributed by atoms with Crippen LogP contribution in [0.2, 0.25) is 0 Å². The van der Waals surface area contributed by atoms with Crippen molar-refractivity contribution in [2.45, 2.75) is 25.9 Å². The van der Waals surface area contributed by atoms with Crippen molar-refractivity contribution in [1.82, 2.24) is 0 Å². The van der Waals surface area contributed by atoms with Gasteiger partial charge in [0.15, 0.2) is 0 Å². The second-order valence-electron chi connectivity index (χ2n) is 4.47. The molecule has 0 aliphatic carbocycles. The van der Waals surface area contributed by atoms with Gasteiger partial charge in [-0.1, -0.05) is 56.0 Å².